The molecule has 6 atom stereocenters. The number of anilines is 1. The Kier molecular flexibility index (Phi) is 5.54. The Balaban J connectivity index is 1.52. The second-order valence-electron chi connectivity index (χ2n) is 11.0. The fourth-order valence-corrected chi connectivity index (χ4v) is 7.35. The van der Waals surface area contributed by atoms with Crippen molar-refractivity contribution in [2.45, 2.75) is 32.6 Å². The predicted octanol–water partition coefficient (Wildman–Crippen LogP) is 3.70. The van der Waals surface area contributed by atoms with Gasteiger partial charge in [0.1, 0.15) is 5.75 Å². The first kappa shape index (κ1) is 25.0. The van der Waals surface area contributed by atoms with Crippen LogP contribution in [-0.4, -0.2) is 46.8 Å². The van der Waals surface area contributed by atoms with Gasteiger partial charge in [-0.3, -0.25) is 19.2 Å². The smallest absolute Gasteiger partial charge is 0.423 e. The minimum atomic E-state index is -1.17. The summed E-state index contributed by atoms with van der Waals surface area (Å²) in [5, 5.41) is 10.2. The van der Waals surface area contributed by atoms with Crippen molar-refractivity contribution in [2.24, 2.45) is 29.1 Å². The van der Waals surface area contributed by atoms with E-state index in [1.807, 2.05) is 12.1 Å². The number of benzene rings is 2. The average Bonchev–Trinajstić information content (AvgIpc) is 3.30. The van der Waals surface area contributed by atoms with Gasteiger partial charge >= 0.3 is 6.09 Å². The lowest BCUT2D eigenvalue weighted by molar-refractivity contribution is -0.138. The number of aryl methyl sites for hydroxylation is 1. The Labute approximate surface area is 225 Å². The minimum absolute atomic E-state index is 0.107. The summed E-state index contributed by atoms with van der Waals surface area (Å²) in [6.07, 6.45) is 1.32. The lowest BCUT2D eigenvalue weighted by Gasteiger charge is -2.49. The molecule has 3 fully saturated rings. The number of likely N-dealkylation sites (tertiary alicyclic amines) is 1. The molecule has 0 radical (unpaired) electrons. The van der Waals surface area contributed by atoms with E-state index in [4.69, 9.17) is 4.74 Å². The third-order valence-corrected chi connectivity index (χ3v) is 9.20. The van der Waals surface area contributed by atoms with Gasteiger partial charge in [-0.2, -0.15) is 4.90 Å². The number of amides is 5. The number of ether oxygens (including phenoxy) is 1. The van der Waals surface area contributed by atoms with E-state index in [0.717, 1.165) is 18.2 Å². The molecule has 0 bridgehead atoms. The molecule has 0 aromatic heterocycles. The second kappa shape index (κ2) is 8.62. The molecule has 1 saturated carbocycles. The summed E-state index contributed by atoms with van der Waals surface area (Å²) in [5.74, 6) is -5.25. The van der Waals surface area contributed by atoms with Gasteiger partial charge < -0.3 is 9.84 Å². The quantitative estimate of drug-likeness (QED) is 0.466. The lowest BCUT2D eigenvalue weighted by atomic mass is 9.51. The third-order valence-electron chi connectivity index (χ3n) is 9.20. The van der Waals surface area contributed by atoms with Crippen LogP contribution >= 0.6 is 0 Å². The standard InChI is InChI=1S/C30H28N2O7/c1-15-13-16(9-12-22(15)33)24-18-10-11-19-23(27(36)32(25(19)34)29(38)39-3)20(18)14-21-26(35)31(28(37)30(21,24)2)17-7-5-4-6-8-17/h4-10,12-13,19-21,23-24,33H,11,14H2,1-3H3. The molecule has 0 spiro atoms. The first-order valence-corrected chi connectivity index (χ1v) is 13.0. The number of carbonyl (C=O) groups excluding carboxylic acids is 5. The van der Waals surface area contributed by atoms with Crippen LogP contribution in [0.5, 0.6) is 5.75 Å². The highest BCUT2D eigenvalue weighted by molar-refractivity contribution is 6.24. The number of para-hydroxylation sites is 1. The van der Waals surface area contributed by atoms with E-state index >= 15 is 0 Å². The second-order valence-corrected chi connectivity index (χ2v) is 11.0. The maximum Gasteiger partial charge on any atom is 0.423 e. The summed E-state index contributed by atoms with van der Waals surface area (Å²) in [7, 11) is 1.12. The van der Waals surface area contributed by atoms with E-state index in [1.54, 1.807) is 56.3 Å². The van der Waals surface area contributed by atoms with E-state index in [2.05, 4.69) is 0 Å². The van der Waals surface area contributed by atoms with Crippen LogP contribution in [0.4, 0.5) is 10.5 Å². The maximum atomic E-state index is 14.2. The number of phenolic OH excluding ortho intramolecular Hbond substituents is 1. The highest BCUT2D eigenvalue weighted by Crippen LogP contribution is 2.63. The summed E-state index contributed by atoms with van der Waals surface area (Å²) < 4.78 is 4.71. The minimum Gasteiger partial charge on any atom is -0.508 e. The van der Waals surface area contributed by atoms with Crippen molar-refractivity contribution in [3.63, 3.8) is 0 Å². The van der Waals surface area contributed by atoms with E-state index in [-0.39, 0.29) is 30.4 Å². The van der Waals surface area contributed by atoms with Crippen molar-refractivity contribution in [3.05, 3.63) is 71.3 Å². The van der Waals surface area contributed by atoms with Crippen LogP contribution in [0.15, 0.2) is 60.2 Å². The monoisotopic (exact) mass is 528 g/mol. The summed E-state index contributed by atoms with van der Waals surface area (Å²) in [5.41, 5.74) is 1.47. The fourth-order valence-electron chi connectivity index (χ4n) is 7.35. The number of allylic oxidation sites excluding steroid dienone is 2. The Morgan fingerprint density at radius 2 is 1.72 bits per heavy atom. The van der Waals surface area contributed by atoms with Gasteiger partial charge in [0.15, 0.2) is 0 Å². The molecular formula is C30H28N2O7. The number of hydrogen-bond donors (Lipinski definition) is 1. The number of carbonyl (C=O) groups is 5. The average molecular weight is 529 g/mol. The lowest BCUT2D eigenvalue weighted by Crippen LogP contribution is -2.49. The van der Waals surface area contributed by atoms with Crippen molar-refractivity contribution in [3.8, 4) is 5.75 Å². The van der Waals surface area contributed by atoms with Crippen LogP contribution in [0, 0.1) is 36.0 Å². The summed E-state index contributed by atoms with van der Waals surface area (Å²) in [6.45, 7) is 3.56. The van der Waals surface area contributed by atoms with Gasteiger partial charge in [-0.25, -0.2) is 9.69 Å². The SMILES string of the molecule is COC(=O)N1C(=O)C2CC=C3C(CC4C(=O)N(c5ccccc5)C(=O)C4(C)C3c3ccc(O)c(C)c3)C2C1=O. The van der Waals surface area contributed by atoms with E-state index in [0.29, 0.717) is 16.2 Å². The predicted molar refractivity (Wildman–Crippen MR) is 138 cm³/mol. The largest absolute Gasteiger partial charge is 0.508 e. The Bertz CT molecular complexity index is 1480. The van der Waals surface area contributed by atoms with E-state index in [1.165, 1.54) is 4.90 Å². The maximum absolute atomic E-state index is 14.2. The molecule has 6 rings (SSSR count). The Morgan fingerprint density at radius 3 is 2.38 bits per heavy atom. The highest BCUT2D eigenvalue weighted by Gasteiger charge is 2.68. The molecule has 2 heterocycles. The molecule has 6 unspecified atom stereocenters. The van der Waals surface area contributed by atoms with Crippen molar-refractivity contribution < 1.29 is 33.8 Å². The van der Waals surface area contributed by atoms with Crippen molar-refractivity contribution in [1.82, 2.24) is 4.90 Å². The van der Waals surface area contributed by atoms with E-state index in [9.17, 15) is 29.1 Å². The summed E-state index contributed by atoms with van der Waals surface area (Å²) in [6, 6.07) is 13.9. The molecule has 1 N–H and O–H groups in total. The number of methoxy groups -OCH3 is 1. The molecule has 200 valence electrons. The zero-order valence-electron chi connectivity index (χ0n) is 21.8. The van der Waals surface area contributed by atoms with Gasteiger partial charge in [-0.05, 0) is 61.9 Å². The van der Waals surface area contributed by atoms with Crippen LogP contribution in [0.2, 0.25) is 0 Å². The topological polar surface area (TPSA) is 121 Å². The first-order valence-electron chi connectivity index (χ1n) is 13.0. The molecule has 2 aromatic carbocycles. The number of aromatic hydroxyl groups is 1. The molecule has 2 saturated heterocycles. The Morgan fingerprint density at radius 1 is 1.00 bits per heavy atom. The number of rotatable bonds is 2. The molecular weight excluding hydrogens is 500 g/mol. The molecule has 2 aromatic rings. The van der Waals surface area contributed by atoms with Crippen molar-refractivity contribution >= 4 is 35.4 Å². The van der Waals surface area contributed by atoms with Gasteiger partial charge in [0.25, 0.3) is 0 Å². The van der Waals surface area contributed by atoms with Gasteiger partial charge in [0, 0.05) is 5.92 Å². The van der Waals surface area contributed by atoms with Gasteiger partial charge in [0.05, 0.1) is 36.0 Å². The molecule has 2 aliphatic heterocycles. The van der Waals surface area contributed by atoms with Gasteiger partial charge in [-0.1, -0.05) is 42.0 Å². The third kappa shape index (κ3) is 3.28. The number of nitrogens with zero attached hydrogens (tertiary/aromatic N) is 2. The molecule has 39 heavy (non-hydrogen) atoms. The highest BCUT2D eigenvalue weighted by atomic mass is 16.5. The molecule has 9 heteroatoms. The van der Waals surface area contributed by atoms with Gasteiger partial charge in [-0.15, -0.1) is 0 Å². The molecule has 2 aliphatic carbocycles. The van der Waals surface area contributed by atoms with E-state index < -0.39 is 52.9 Å². The molecule has 9 nitrogen and oxygen atoms in total. The van der Waals surface area contributed by atoms with Crippen LogP contribution in [0.25, 0.3) is 0 Å². The van der Waals surface area contributed by atoms with Crippen LogP contribution in [-0.2, 0) is 23.9 Å². The zero-order chi connectivity index (χ0) is 27.8. The van der Waals surface area contributed by atoms with Crippen LogP contribution in [0.1, 0.15) is 36.8 Å². The number of hydrogen-bond acceptors (Lipinski definition) is 7. The van der Waals surface area contributed by atoms with Crippen molar-refractivity contribution in [1.29, 1.82) is 0 Å². The number of imide groups is 4. The Hall–Kier alpha value is -4.27. The number of fused-ring (bicyclic) bond motifs is 4. The molecule has 5 amide bonds. The zero-order valence-corrected chi connectivity index (χ0v) is 21.8. The van der Waals surface area contributed by atoms with Gasteiger partial charge in [0.2, 0.25) is 23.6 Å². The number of phenols is 1. The van der Waals surface area contributed by atoms with Crippen molar-refractivity contribution in [2.75, 3.05) is 12.0 Å². The summed E-state index contributed by atoms with van der Waals surface area (Å²) >= 11 is 0. The normalized spacial score (nSPS) is 31.6. The first-order chi connectivity index (χ1) is 18.6. The molecule has 4 aliphatic rings. The van der Waals surface area contributed by atoms with Crippen LogP contribution in [0.3, 0.4) is 0 Å². The summed E-state index contributed by atoms with van der Waals surface area (Å²) in [4.78, 5) is 69.1. The fraction of sp³-hybridized carbons (Fsp3) is 0.367. The van der Waals surface area contributed by atoms with Crippen LogP contribution < -0.4 is 4.90 Å².